The molecule has 0 amide bonds. The smallest absolute Gasteiger partial charge is 0.295 e. The first-order chi connectivity index (χ1) is 9.42. The highest BCUT2D eigenvalue weighted by atomic mass is 19.1. The lowest BCUT2D eigenvalue weighted by Crippen LogP contribution is -2.41. The highest BCUT2D eigenvalue weighted by Gasteiger charge is 2.35. The molecule has 1 aromatic rings. The topological polar surface area (TPSA) is 75.4 Å². The van der Waals surface area contributed by atoms with E-state index in [1.165, 1.54) is 12.1 Å². The summed E-state index contributed by atoms with van der Waals surface area (Å²) in [6.45, 7) is 2.40. The van der Waals surface area contributed by atoms with Gasteiger partial charge in [-0.05, 0) is 25.0 Å². The first-order valence-corrected chi connectivity index (χ1v) is 6.78. The molecule has 2 rings (SSSR count). The Morgan fingerprint density at radius 2 is 2.30 bits per heavy atom. The van der Waals surface area contributed by atoms with Gasteiger partial charge in [0.1, 0.15) is 11.5 Å². The molecule has 1 aliphatic rings. The van der Waals surface area contributed by atoms with Crippen LogP contribution in [0.3, 0.4) is 0 Å². The van der Waals surface area contributed by atoms with Crippen molar-refractivity contribution in [1.29, 1.82) is 0 Å². The molecule has 110 valence electrons. The van der Waals surface area contributed by atoms with Gasteiger partial charge >= 0.3 is 0 Å². The number of aliphatic hydroxyl groups is 1. The molecule has 0 spiro atoms. The molecular weight excluding hydrogens is 263 g/mol. The number of hydrogen-bond donors (Lipinski definition) is 2. The average Bonchev–Trinajstić information content (AvgIpc) is 2.41. The molecular formula is C14H19FN2O3. The maximum atomic E-state index is 13.1. The van der Waals surface area contributed by atoms with Crippen LogP contribution in [0.5, 0.6) is 0 Å². The van der Waals surface area contributed by atoms with E-state index in [4.69, 9.17) is 0 Å². The van der Waals surface area contributed by atoms with Crippen LogP contribution >= 0.6 is 0 Å². The molecule has 0 aromatic heterocycles. The fraction of sp³-hybridized carbons (Fsp3) is 0.571. The summed E-state index contributed by atoms with van der Waals surface area (Å²) >= 11 is 0. The second-order valence-electron chi connectivity index (χ2n) is 5.69. The summed E-state index contributed by atoms with van der Waals surface area (Å²) in [5, 5.41) is 24.0. The summed E-state index contributed by atoms with van der Waals surface area (Å²) in [6, 6.07) is 3.46. The van der Waals surface area contributed by atoms with Crippen LogP contribution in [0.15, 0.2) is 18.2 Å². The Morgan fingerprint density at radius 1 is 1.55 bits per heavy atom. The number of nitrogens with one attached hydrogen (secondary N) is 1. The van der Waals surface area contributed by atoms with Crippen LogP contribution in [0.2, 0.25) is 0 Å². The standard InChI is InChI=1S/C14H19FN2O3/c1-14(7-3-2-4-13(14)18)9-16-11-6-5-10(15)8-12(11)17(19)20/h5-6,8,13,16,18H,2-4,7,9H2,1H3. The molecule has 0 radical (unpaired) electrons. The summed E-state index contributed by atoms with van der Waals surface area (Å²) in [4.78, 5) is 10.3. The zero-order valence-electron chi connectivity index (χ0n) is 11.4. The van der Waals surface area contributed by atoms with Gasteiger partial charge in [-0.2, -0.15) is 0 Å². The second kappa shape index (κ2) is 5.75. The van der Waals surface area contributed by atoms with E-state index < -0.39 is 16.8 Å². The Balaban J connectivity index is 2.12. The summed E-state index contributed by atoms with van der Waals surface area (Å²) in [5.41, 5.74) is -0.296. The number of nitro benzene ring substituents is 1. The number of benzene rings is 1. The molecule has 2 atom stereocenters. The van der Waals surface area contributed by atoms with Crippen molar-refractivity contribution >= 4 is 11.4 Å². The number of nitro groups is 1. The lowest BCUT2D eigenvalue weighted by molar-refractivity contribution is -0.384. The van der Waals surface area contributed by atoms with Crippen molar-refractivity contribution in [3.05, 3.63) is 34.1 Å². The normalized spacial score (nSPS) is 26.2. The van der Waals surface area contributed by atoms with Crippen LogP contribution in [0.1, 0.15) is 32.6 Å². The van der Waals surface area contributed by atoms with Gasteiger partial charge in [0.25, 0.3) is 5.69 Å². The van der Waals surface area contributed by atoms with Crippen LogP contribution in [0, 0.1) is 21.3 Å². The molecule has 1 saturated carbocycles. The molecule has 20 heavy (non-hydrogen) atoms. The zero-order chi connectivity index (χ0) is 14.8. The van der Waals surface area contributed by atoms with Crippen molar-refractivity contribution < 1.29 is 14.4 Å². The van der Waals surface area contributed by atoms with E-state index in [2.05, 4.69) is 5.32 Å². The maximum Gasteiger partial charge on any atom is 0.295 e. The number of nitrogens with zero attached hydrogens (tertiary/aromatic N) is 1. The fourth-order valence-electron chi connectivity index (χ4n) is 2.69. The molecule has 2 N–H and O–H groups in total. The Bertz CT molecular complexity index is 509. The van der Waals surface area contributed by atoms with E-state index >= 15 is 0 Å². The Labute approximate surface area is 117 Å². The SMILES string of the molecule is CC1(CNc2ccc(F)cc2[N+](=O)[O-])CCCCC1O. The summed E-state index contributed by atoms with van der Waals surface area (Å²) in [5.74, 6) is -0.633. The quantitative estimate of drug-likeness (QED) is 0.657. The number of halogens is 1. The van der Waals surface area contributed by atoms with Gasteiger partial charge in [-0.1, -0.05) is 19.8 Å². The van der Waals surface area contributed by atoms with Gasteiger partial charge in [-0.15, -0.1) is 0 Å². The minimum atomic E-state index is -0.633. The van der Waals surface area contributed by atoms with Gasteiger partial charge in [-0.3, -0.25) is 10.1 Å². The summed E-state index contributed by atoms with van der Waals surface area (Å²) in [6.07, 6.45) is 3.26. The van der Waals surface area contributed by atoms with Crippen LogP contribution in [0.4, 0.5) is 15.8 Å². The third-order valence-electron chi connectivity index (χ3n) is 4.12. The van der Waals surface area contributed by atoms with E-state index in [0.29, 0.717) is 6.54 Å². The van der Waals surface area contributed by atoms with E-state index in [1.54, 1.807) is 0 Å². The van der Waals surface area contributed by atoms with Crippen LogP contribution in [0.25, 0.3) is 0 Å². The number of aliphatic hydroxyl groups excluding tert-OH is 1. The van der Waals surface area contributed by atoms with Crippen LogP contribution in [-0.2, 0) is 0 Å². The van der Waals surface area contributed by atoms with Crippen molar-refractivity contribution in [3.8, 4) is 0 Å². The van der Waals surface area contributed by atoms with Gasteiger partial charge in [0.05, 0.1) is 17.1 Å². The van der Waals surface area contributed by atoms with Crippen LogP contribution < -0.4 is 5.32 Å². The average molecular weight is 282 g/mol. The lowest BCUT2D eigenvalue weighted by Gasteiger charge is -2.38. The second-order valence-corrected chi connectivity index (χ2v) is 5.69. The number of anilines is 1. The minimum absolute atomic E-state index is 0.279. The predicted octanol–water partition coefficient (Wildman–Crippen LogP) is 3.09. The van der Waals surface area contributed by atoms with Gasteiger partial charge in [0, 0.05) is 12.0 Å². The van der Waals surface area contributed by atoms with Crippen molar-refractivity contribution in [1.82, 2.24) is 0 Å². The van der Waals surface area contributed by atoms with Crippen molar-refractivity contribution in [2.24, 2.45) is 5.41 Å². The first-order valence-electron chi connectivity index (χ1n) is 6.78. The zero-order valence-corrected chi connectivity index (χ0v) is 11.4. The van der Waals surface area contributed by atoms with E-state index in [1.807, 2.05) is 6.92 Å². The number of rotatable bonds is 4. The largest absolute Gasteiger partial charge is 0.392 e. The van der Waals surface area contributed by atoms with Crippen LogP contribution in [-0.4, -0.2) is 22.7 Å². The van der Waals surface area contributed by atoms with Crippen molar-refractivity contribution in [2.45, 2.75) is 38.7 Å². The Kier molecular flexibility index (Phi) is 4.23. The molecule has 0 aliphatic heterocycles. The molecule has 6 heteroatoms. The third-order valence-corrected chi connectivity index (χ3v) is 4.12. The van der Waals surface area contributed by atoms with Crippen molar-refractivity contribution in [2.75, 3.05) is 11.9 Å². The van der Waals surface area contributed by atoms with E-state index in [0.717, 1.165) is 31.7 Å². The minimum Gasteiger partial charge on any atom is -0.392 e. The van der Waals surface area contributed by atoms with Gasteiger partial charge in [-0.25, -0.2) is 4.39 Å². The van der Waals surface area contributed by atoms with E-state index in [-0.39, 0.29) is 16.8 Å². The Hall–Kier alpha value is -1.69. The predicted molar refractivity (Wildman–Crippen MR) is 74.1 cm³/mol. The lowest BCUT2D eigenvalue weighted by atomic mass is 9.73. The van der Waals surface area contributed by atoms with Crippen molar-refractivity contribution in [3.63, 3.8) is 0 Å². The molecule has 5 nitrogen and oxygen atoms in total. The molecule has 1 aromatic carbocycles. The van der Waals surface area contributed by atoms with Gasteiger partial charge in [0.2, 0.25) is 0 Å². The molecule has 2 unspecified atom stereocenters. The molecule has 1 aliphatic carbocycles. The van der Waals surface area contributed by atoms with E-state index in [9.17, 15) is 19.6 Å². The first kappa shape index (κ1) is 14.7. The molecule has 0 heterocycles. The monoisotopic (exact) mass is 282 g/mol. The maximum absolute atomic E-state index is 13.1. The summed E-state index contributed by atoms with van der Waals surface area (Å²) < 4.78 is 13.1. The Morgan fingerprint density at radius 3 is 2.95 bits per heavy atom. The highest BCUT2D eigenvalue weighted by molar-refractivity contribution is 5.61. The van der Waals surface area contributed by atoms with Gasteiger partial charge in [0.15, 0.2) is 0 Å². The molecule has 1 fully saturated rings. The molecule has 0 bridgehead atoms. The highest BCUT2D eigenvalue weighted by Crippen LogP contribution is 2.37. The summed E-state index contributed by atoms with van der Waals surface area (Å²) in [7, 11) is 0. The van der Waals surface area contributed by atoms with Gasteiger partial charge < -0.3 is 10.4 Å². The fourth-order valence-corrected chi connectivity index (χ4v) is 2.69. The molecule has 0 saturated heterocycles. The number of hydrogen-bond acceptors (Lipinski definition) is 4. The third kappa shape index (κ3) is 3.07.